The van der Waals surface area contributed by atoms with Gasteiger partial charge in [0.2, 0.25) is 0 Å². The molecule has 1 rings (SSSR count). The van der Waals surface area contributed by atoms with E-state index in [-0.39, 0.29) is 6.61 Å². The first kappa shape index (κ1) is 16.7. The number of aromatic nitrogens is 2. The third-order valence-electron chi connectivity index (χ3n) is 3.14. The molecule has 5 nitrogen and oxygen atoms in total. The fourth-order valence-electron chi connectivity index (χ4n) is 2.03. The van der Waals surface area contributed by atoms with Crippen LogP contribution in [0.1, 0.15) is 50.9 Å². The minimum absolute atomic E-state index is 0.276. The van der Waals surface area contributed by atoms with Gasteiger partial charge in [-0.15, -0.1) is 0 Å². The summed E-state index contributed by atoms with van der Waals surface area (Å²) in [5, 5.41) is 15.5. The average molecular weight is 280 g/mol. The van der Waals surface area contributed by atoms with Gasteiger partial charge in [-0.1, -0.05) is 6.92 Å². The molecule has 114 valence electrons. The molecule has 0 amide bonds. The van der Waals surface area contributed by atoms with E-state index in [1.807, 2.05) is 6.92 Å². The lowest BCUT2D eigenvalue weighted by atomic mass is 10.2. The maximum Gasteiger partial charge on any atom is 0.134 e. The van der Waals surface area contributed by atoms with Crippen LogP contribution >= 0.6 is 0 Å². The largest absolute Gasteiger partial charge is 0.396 e. The number of aliphatic hydroxyl groups excluding tert-OH is 1. The molecule has 0 bridgehead atoms. The zero-order valence-electron chi connectivity index (χ0n) is 13.0. The predicted molar refractivity (Wildman–Crippen MR) is 84.4 cm³/mol. The van der Waals surface area contributed by atoms with E-state index in [4.69, 9.17) is 5.11 Å². The Labute approximate surface area is 122 Å². The van der Waals surface area contributed by atoms with Crippen molar-refractivity contribution in [2.45, 2.75) is 52.9 Å². The van der Waals surface area contributed by atoms with Crippen LogP contribution in [0.2, 0.25) is 0 Å². The van der Waals surface area contributed by atoms with E-state index in [0.29, 0.717) is 0 Å². The number of nitrogens with zero attached hydrogens (tertiary/aromatic N) is 2. The predicted octanol–water partition coefficient (Wildman–Crippen LogP) is 2.74. The van der Waals surface area contributed by atoms with Gasteiger partial charge in [0.15, 0.2) is 0 Å². The van der Waals surface area contributed by atoms with Gasteiger partial charge in [0.1, 0.15) is 17.5 Å². The normalized spacial score (nSPS) is 10.6. The molecule has 0 aliphatic heterocycles. The van der Waals surface area contributed by atoms with Gasteiger partial charge in [-0.25, -0.2) is 9.97 Å². The monoisotopic (exact) mass is 280 g/mol. The smallest absolute Gasteiger partial charge is 0.134 e. The number of rotatable bonds is 10. The van der Waals surface area contributed by atoms with Crippen molar-refractivity contribution in [3.8, 4) is 0 Å². The van der Waals surface area contributed by atoms with Crippen molar-refractivity contribution < 1.29 is 5.11 Å². The number of anilines is 2. The second-order valence-electron chi connectivity index (χ2n) is 4.95. The number of aliphatic hydroxyl groups is 1. The summed E-state index contributed by atoms with van der Waals surface area (Å²) < 4.78 is 0. The molecular formula is C15H28N4O. The SMILES string of the molecule is CCCc1nc(NCC)c(C)c(NCCCCCO)n1. The molecule has 0 aliphatic rings. The van der Waals surface area contributed by atoms with E-state index in [0.717, 1.165) is 68.2 Å². The lowest BCUT2D eigenvalue weighted by Gasteiger charge is -2.14. The van der Waals surface area contributed by atoms with E-state index >= 15 is 0 Å². The summed E-state index contributed by atoms with van der Waals surface area (Å²) in [4.78, 5) is 9.19. The topological polar surface area (TPSA) is 70.1 Å². The Morgan fingerprint density at radius 1 is 1.00 bits per heavy atom. The highest BCUT2D eigenvalue weighted by atomic mass is 16.2. The number of hydrogen-bond acceptors (Lipinski definition) is 5. The number of aryl methyl sites for hydroxylation is 1. The van der Waals surface area contributed by atoms with Gasteiger partial charge < -0.3 is 15.7 Å². The van der Waals surface area contributed by atoms with Crippen molar-refractivity contribution in [1.82, 2.24) is 9.97 Å². The molecule has 0 atom stereocenters. The van der Waals surface area contributed by atoms with Crippen LogP contribution in [0.3, 0.4) is 0 Å². The average Bonchev–Trinajstić information content (AvgIpc) is 2.43. The second kappa shape index (κ2) is 9.53. The summed E-state index contributed by atoms with van der Waals surface area (Å²) in [7, 11) is 0. The molecular weight excluding hydrogens is 252 g/mol. The Bertz CT molecular complexity index is 396. The molecule has 1 aromatic rings. The Morgan fingerprint density at radius 3 is 2.30 bits per heavy atom. The maximum atomic E-state index is 8.77. The molecule has 1 aromatic heterocycles. The molecule has 0 aromatic carbocycles. The standard InChI is InChI=1S/C15H28N4O/c1-4-9-13-18-14(16-5-2)12(3)15(19-13)17-10-7-6-8-11-20/h20H,4-11H2,1-3H3,(H2,16,17,18,19). The second-order valence-corrected chi connectivity index (χ2v) is 4.95. The summed E-state index contributed by atoms with van der Waals surface area (Å²) in [6.45, 7) is 8.27. The molecule has 0 spiro atoms. The highest BCUT2D eigenvalue weighted by Crippen LogP contribution is 2.20. The Kier molecular flexibility index (Phi) is 7.95. The number of unbranched alkanes of at least 4 members (excludes halogenated alkanes) is 2. The third-order valence-corrected chi connectivity index (χ3v) is 3.14. The van der Waals surface area contributed by atoms with Crippen LogP contribution in [0.4, 0.5) is 11.6 Å². The first-order valence-corrected chi connectivity index (χ1v) is 7.69. The van der Waals surface area contributed by atoms with Crippen molar-refractivity contribution in [3.63, 3.8) is 0 Å². The lowest BCUT2D eigenvalue weighted by molar-refractivity contribution is 0.283. The van der Waals surface area contributed by atoms with Crippen LogP contribution in [-0.4, -0.2) is 34.8 Å². The van der Waals surface area contributed by atoms with Crippen LogP contribution in [0, 0.1) is 6.92 Å². The van der Waals surface area contributed by atoms with Gasteiger partial charge in [-0.3, -0.25) is 0 Å². The van der Waals surface area contributed by atoms with Crippen molar-refractivity contribution in [3.05, 3.63) is 11.4 Å². The van der Waals surface area contributed by atoms with Crippen molar-refractivity contribution >= 4 is 11.6 Å². The van der Waals surface area contributed by atoms with Crippen molar-refractivity contribution in [2.75, 3.05) is 30.3 Å². The Morgan fingerprint density at radius 2 is 1.70 bits per heavy atom. The minimum Gasteiger partial charge on any atom is -0.396 e. The fraction of sp³-hybridized carbons (Fsp3) is 0.733. The minimum atomic E-state index is 0.276. The molecule has 0 aliphatic carbocycles. The summed E-state index contributed by atoms with van der Waals surface area (Å²) in [6, 6.07) is 0. The van der Waals surface area contributed by atoms with Gasteiger partial charge >= 0.3 is 0 Å². The van der Waals surface area contributed by atoms with Crippen molar-refractivity contribution in [2.24, 2.45) is 0 Å². The summed E-state index contributed by atoms with van der Waals surface area (Å²) in [5.41, 5.74) is 1.08. The van der Waals surface area contributed by atoms with Crippen LogP contribution < -0.4 is 10.6 Å². The molecule has 0 radical (unpaired) electrons. The quantitative estimate of drug-likeness (QED) is 0.575. The number of hydrogen-bond donors (Lipinski definition) is 3. The highest BCUT2D eigenvalue weighted by molar-refractivity contribution is 5.57. The van der Waals surface area contributed by atoms with Gasteiger partial charge in [0.05, 0.1) is 0 Å². The molecule has 0 fully saturated rings. The Balaban J connectivity index is 2.71. The molecule has 1 heterocycles. The van der Waals surface area contributed by atoms with Crippen LogP contribution in [-0.2, 0) is 6.42 Å². The maximum absolute atomic E-state index is 8.77. The van der Waals surface area contributed by atoms with E-state index in [1.54, 1.807) is 0 Å². The summed E-state index contributed by atoms with van der Waals surface area (Å²) in [6.07, 6.45) is 4.90. The number of nitrogens with one attached hydrogen (secondary N) is 2. The zero-order valence-corrected chi connectivity index (χ0v) is 13.0. The fourth-order valence-corrected chi connectivity index (χ4v) is 2.03. The first-order valence-electron chi connectivity index (χ1n) is 7.69. The van der Waals surface area contributed by atoms with Gasteiger partial charge in [0.25, 0.3) is 0 Å². The Hall–Kier alpha value is -1.36. The zero-order chi connectivity index (χ0) is 14.8. The van der Waals surface area contributed by atoms with E-state index in [9.17, 15) is 0 Å². The first-order chi connectivity index (χ1) is 9.72. The van der Waals surface area contributed by atoms with Crippen LogP contribution in [0.5, 0.6) is 0 Å². The van der Waals surface area contributed by atoms with E-state index < -0.39 is 0 Å². The van der Waals surface area contributed by atoms with Crippen LogP contribution in [0.15, 0.2) is 0 Å². The lowest BCUT2D eigenvalue weighted by Crippen LogP contribution is -2.12. The summed E-state index contributed by atoms with van der Waals surface area (Å²) >= 11 is 0. The molecule has 0 saturated heterocycles. The molecule has 0 saturated carbocycles. The van der Waals surface area contributed by atoms with E-state index in [1.165, 1.54) is 0 Å². The molecule has 5 heteroatoms. The van der Waals surface area contributed by atoms with Crippen molar-refractivity contribution in [1.29, 1.82) is 0 Å². The highest BCUT2D eigenvalue weighted by Gasteiger charge is 2.09. The molecule has 0 unspecified atom stereocenters. The molecule has 3 N–H and O–H groups in total. The van der Waals surface area contributed by atoms with Gasteiger partial charge in [-0.2, -0.15) is 0 Å². The van der Waals surface area contributed by atoms with E-state index in [2.05, 4.69) is 34.4 Å². The van der Waals surface area contributed by atoms with Crippen LogP contribution in [0.25, 0.3) is 0 Å². The van der Waals surface area contributed by atoms with Gasteiger partial charge in [0, 0.05) is 31.7 Å². The molecule has 20 heavy (non-hydrogen) atoms. The van der Waals surface area contributed by atoms with Gasteiger partial charge in [-0.05, 0) is 39.5 Å². The summed E-state index contributed by atoms with van der Waals surface area (Å²) in [5.74, 6) is 2.76. The third kappa shape index (κ3) is 5.33.